The zero-order chi connectivity index (χ0) is 19.3. The summed E-state index contributed by atoms with van der Waals surface area (Å²) in [6, 6.07) is 38.8. The minimum absolute atomic E-state index is 0.476. The van der Waals surface area contributed by atoms with E-state index in [4.69, 9.17) is 4.98 Å². The van der Waals surface area contributed by atoms with Crippen molar-refractivity contribution in [2.75, 3.05) is 0 Å². The van der Waals surface area contributed by atoms with Crippen molar-refractivity contribution in [1.29, 1.82) is 0 Å². The fraction of sp³-hybridized carbons (Fsp3) is 0.0385. The Bertz CT molecular complexity index is 1280. The fourth-order valence-corrected chi connectivity index (χ4v) is 5.70. The van der Waals surface area contributed by atoms with Crippen molar-refractivity contribution in [3.8, 4) is 0 Å². The highest BCUT2D eigenvalue weighted by atomic mass is 32.2. The van der Waals surface area contributed by atoms with Gasteiger partial charge < -0.3 is 0 Å². The normalized spacial score (nSPS) is 14.3. The Kier molecular flexibility index (Phi) is 3.65. The summed E-state index contributed by atoms with van der Waals surface area (Å²) >= 11 is 1.75. The van der Waals surface area contributed by atoms with Crippen LogP contribution in [0.3, 0.4) is 0 Å². The quantitative estimate of drug-likeness (QED) is 0.343. The minimum atomic E-state index is -0.476. The standard InChI is InChI=1S/C26H18N2S/c1-3-11-19(12-4-1)26(20-13-5-2-6-14-20)21-15-7-10-18-24(21)29-25-27-22-16-8-9-17-23(22)28(25)26/h1-18H. The Morgan fingerprint density at radius 1 is 0.621 bits per heavy atom. The third-order valence-electron chi connectivity index (χ3n) is 5.73. The summed E-state index contributed by atoms with van der Waals surface area (Å²) < 4.78 is 2.43. The van der Waals surface area contributed by atoms with Crippen LogP contribution in [0.2, 0.25) is 0 Å². The first-order valence-electron chi connectivity index (χ1n) is 9.75. The number of hydrogen-bond acceptors (Lipinski definition) is 2. The molecule has 2 nitrogen and oxygen atoms in total. The van der Waals surface area contributed by atoms with Gasteiger partial charge in [-0.1, -0.05) is 103 Å². The second kappa shape index (κ2) is 6.36. The van der Waals surface area contributed by atoms with Gasteiger partial charge in [-0.05, 0) is 29.3 Å². The van der Waals surface area contributed by atoms with Crippen LogP contribution < -0.4 is 0 Å². The first kappa shape index (κ1) is 16.6. The average Bonchev–Trinajstić information content (AvgIpc) is 3.17. The van der Waals surface area contributed by atoms with Gasteiger partial charge in [0.2, 0.25) is 0 Å². The van der Waals surface area contributed by atoms with Crippen molar-refractivity contribution in [2.45, 2.75) is 15.6 Å². The van der Waals surface area contributed by atoms with Gasteiger partial charge >= 0.3 is 0 Å². The van der Waals surface area contributed by atoms with E-state index in [1.54, 1.807) is 11.8 Å². The lowest BCUT2D eigenvalue weighted by molar-refractivity contribution is 0.473. The van der Waals surface area contributed by atoms with E-state index in [1.165, 1.54) is 21.6 Å². The molecule has 3 heteroatoms. The smallest absolute Gasteiger partial charge is 0.175 e. The largest absolute Gasteiger partial charge is 0.300 e. The molecule has 0 saturated heterocycles. The molecule has 1 aliphatic heterocycles. The highest BCUT2D eigenvalue weighted by Gasteiger charge is 2.45. The van der Waals surface area contributed by atoms with Gasteiger partial charge in [-0.3, -0.25) is 4.57 Å². The Morgan fingerprint density at radius 3 is 1.93 bits per heavy atom. The van der Waals surface area contributed by atoms with E-state index in [9.17, 15) is 0 Å². The number of para-hydroxylation sites is 2. The zero-order valence-corrected chi connectivity index (χ0v) is 16.5. The monoisotopic (exact) mass is 390 g/mol. The van der Waals surface area contributed by atoms with Crippen LogP contribution in [0.1, 0.15) is 16.7 Å². The molecule has 4 aromatic carbocycles. The molecule has 138 valence electrons. The lowest BCUT2D eigenvalue weighted by Gasteiger charge is -2.42. The van der Waals surface area contributed by atoms with Crippen molar-refractivity contribution < 1.29 is 0 Å². The summed E-state index contributed by atoms with van der Waals surface area (Å²) in [5.74, 6) is 0. The SMILES string of the molecule is c1ccc(C2(c3ccccc3)c3ccccc3Sc3nc4ccccc4n32)cc1. The van der Waals surface area contributed by atoms with Crippen LogP contribution in [0.4, 0.5) is 0 Å². The highest BCUT2D eigenvalue weighted by molar-refractivity contribution is 7.99. The molecule has 0 spiro atoms. The second-order valence-electron chi connectivity index (χ2n) is 7.26. The van der Waals surface area contributed by atoms with Gasteiger partial charge in [-0.25, -0.2) is 4.98 Å². The molecule has 5 aromatic rings. The number of hydrogen-bond donors (Lipinski definition) is 0. The van der Waals surface area contributed by atoms with Crippen LogP contribution in [-0.4, -0.2) is 9.55 Å². The Morgan fingerprint density at radius 2 is 1.21 bits per heavy atom. The maximum atomic E-state index is 5.02. The summed E-state index contributed by atoms with van der Waals surface area (Å²) in [4.78, 5) is 6.28. The van der Waals surface area contributed by atoms with Crippen molar-refractivity contribution in [3.05, 3.63) is 126 Å². The van der Waals surface area contributed by atoms with Crippen LogP contribution >= 0.6 is 11.8 Å². The van der Waals surface area contributed by atoms with Crippen LogP contribution in [0.15, 0.2) is 119 Å². The van der Waals surface area contributed by atoms with E-state index in [-0.39, 0.29) is 0 Å². The first-order chi connectivity index (χ1) is 14.4. The van der Waals surface area contributed by atoms with E-state index in [0.717, 1.165) is 16.2 Å². The number of imidazole rings is 1. The molecule has 0 N–H and O–H groups in total. The van der Waals surface area contributed by atoms with Crippen molar-refractivity contribution in [1.82, 2.24) is 9.55 Å². The van der Waals surface area contributed by atoms with Gasteiger partial charge in [-0.15, -0.1) is 0 Å². The molecular weight excluding hydrogens is 372 g/mol. The van der Waals surface area contributed by atoms with Gasteiger partial charge in [0.1, 0.15) is 5.54 Å². The molecule has 0 saturated carbocycles. The number of benzene rings is 4. The van der Waals surface area contributed by atoms with Gasteiger partial charge in [-0.2, -0.15) is 0 Å². The maximum absolute atomic E-state index is 5.02. The number of rotatable bonds is 2. The number of nitrogens with zero attached hydrogens (tertiary/aromatic N) is 2. The predicted octanol–water partition coefficient (Wildman–Crippen LogP) is 6.34. The van der Waals surface area contributed by atoms with Crippen molar-refractivity contribution in [2.24, 2.45) is 0 Å². The lowest BCUT2D eigenvalue weighted by Crippen LogP contribution is -2.40. The van der Waals surface area contributed by atoms with Crippen LogP contribution in [0.5, 0.6) is 0 Å². The highest BCUT2D eigenvalue weighted by Crippen LogP contribution is 2.52. The Balaban J connectivity index is 1.85. The van der Waals surface area contributed by atoms with E-state index in [2.05, 4.69) is 114 Å². The van der Waals surface area contributed by atoms with Gasteiger partial charge in [0.15, 0.2) is 5.16 Å². The molecule has 0 aliphatic carbocycles. The molecule has 2 heterocycles. The third kappa shape index (κ3) is 2.28. The molecule has 29 heavy (non-hydrogen) atoms. The van der Waals surface area contributed by atoms with Crippen molar-refractivity contribution in [3.63, 3.8) is 0 Å². The molecule has 0 bridgehead atoms. The molecular formula is C26H18N2S. The van der Waals surface area contributed by atoms with Crippen molar-refractivity contribution >= 4 is 22.8 Å². The summed E-state index contributed by atoms with van der Waals surface area (Å²) in [6.45, 7) is 0. The number of aromatic nitrogens is 2. The molecule has 1 aliphatic rings. The minimum Gasteiger partial charge on any atom is -0.300 e. The molecule has 0 atom stereocenters. The van der Waals surface area contributed by atoms with Crippen LogP contribution in [-0.2, 0) is 5.54 Å². The topological polar surface area (TPSA) is 17.8 Å². The predicted molar refractivity (Wildman–Crippen MR) is 118 cm³/mol. The van der Waals surface area contributed by atoms with Gasteiger partial charge in [0.25, 0.3) is 0 Å². The van der Waals surface area contributed by atoms with Crippen LogP contribution in [0.25, 0.3) is 11.0 Å². The maximum Gasteiger partial charge on any atom is 0.175 e. The van der Waals surface area contributed by atoms with Gasteiger partial charge in [0.05, 0.1) is 11.0 Å². The molecule has 6 rings (SSSR count). The summed E-state index contributed by atoms with van der Waals surface area (Å²) in [6.07, 6.45) is 0. The van der Waals surface area contributed by atoms with E-state index in [0.29, 0.717) is 0 Å². The van der Waals surface area contributed by atoms with Gasteiger partial charge in [0, 0.05) is 10.5 Å². The number of fused-ring (bicyclic) bond motifs is 4. The third-order valence-corrected chi connectivity index (χ3v) is 6.76. The Labute approximate surface area is 173 Å². The zero-order valence-electron chi connectivity index (χ0n) is 15.7. The molecule has 0 radical (unpaired) electrons. The molecule has 0 amide bonds. The lowest BCUT2D eigenvalue weighted by atomic mass is 9.76. The summed E-state index contributed by atoms with van der Waals surface area (Å²) in [5, 5.41) is 1.03. The average molecular weight is 391 g/mol. The summed E-state index contributed by atoms with van der Waals surface area (Å²) in [7, 11) is 0. The summed E-state index contributed by atoms with van der Waals surface area (Å²) in [5.41, 5.74) is 5.47. The molecule has 1 aromatic heterocycles. The van der Waals surface area contributed by atoms with E-state index < -0.39 is 5.54 Å². The van der Waals surface area contributed by atoms with Crippen LogP contribution in [0, 0.1) is 0 Å². The fourth-order valence-electron chi connectivity index (χ4n) is 4.56. The molecule has 0 unspecified atom stereocenters. The Hall–Kier alpha value is -3.30. The van der Waals surface area contributed by atoms with E-state index in [1.807, 2.05) is 0 Å². The van der Waals surface area contributed by atoms with E-state index >= 15 is 0 Å². The first-order valence-corrected chi connectivity index (χ1v) is 10.6. The second-order valence-corrected chi connectivity index (χ2v) is 8.27. The molecule has 0 fully saturated rings.